The van der Waals surface area contributed by atoms with Crippen LogP contribution in [0.25, 0.3) is 0 Å². The fourth-order valence-electron chi connectivity index (χ4n) is 2.85. The molecule has 1 amide bonds. The van der Waals surface area contributed by atoms with Crippen molar-refractivity contribution in [2.75, 3.05) is 31.6 Å². The van der Waals surface area contributed by atoms with Gasteiger partial charge >= 0.3 is 0 Å². The highest BCUT2D eigenvalue weighted by molar-refractivity contribution is 7.89. The van der Waals surface area contributed by atoms with Gasteiger partial charge < -0.3 is 14.8 Å². The molecule has 0 aliphatic carbocycles. The normalized spacial score (nSPS) is 11.3. The minimum atomic E-state index is -3.65. The van der Waals surface area contributed by atoms with Crippen LogP contribution in [-0.2, 0) is 10.0 Å². The SMILES string of the molecule is CCOc1ccc(OCC)c(NC(=O)c2cccc(S(=O)(=O)N(CC)CC)c2)c1. The minimum absolute atomic E-state index is 0.0851. The lowest BCUT2D eigenvalue weighted by Crippen LogP contribution is -2.30. The highest BCUT2D eigenvalue weighted by Crippen LogP contribution is 2.30. The Morgan fingerprint density at radius 3 is 2.28 bits per heavy atom. The molecule has 0 atom stereocenters. The lowest BCUT2D eigenvalue weighted by Gasteiger charge is -2.19. The van der Waals surface area contributed by atoms with Crippen molar-refractivity contribution in [3.63, 3.8) is 0 Å². The van der Waals surface area contributed by atoms with Crippen LogP contribution >= 0.6 is 0 Å². The molecule has 0 bridgehead atoms. The van der Waals surface area contributed by atoms with Crippen molar-refractivity contribution in [3.8, 4) is 11.5 Å². The number of anilines is 1. The van der Waals surface area contributed by atoms with E-state index in [0.717, 1.165) is 0 Å². The zero-order valence-electron chi connectivity index (χ0n) is 17.3. The molecule has 0 fully saturated rings. The molecule has 0 saturated carbocycles. The molecule has 2 aromatic carbocycles. The Balaban J connectivity index is 2.33. The summed E-state index contributed by atoms with van der Waals surface area (Å²) in [6, 6.07) is 11.2. The van der Waals surface area contributed by atoms with Crippen molar-refractivity contribution in [3.05, 3.63) is 48.0 Å². The van der Waals surface area contributed by atoms with Crippen LogP contribution in [0, 0.1) is 0 Å². The van der Waals surface area contributed by atoms with E-state index in [4.69, 9.17) is 9.47 Å². The fourth-order valence-corrected chi connectivity index (χ4v) is 4.35. The fraction of sp³-hybridized carbons (Fsp3) is 0.381. The number of hydrogen-bond donors (Lipinski definition) is 1. The average molecular weight is 421 g/mol. The van der Waals surface area contributed by atoms with Crippen molar-refractivity contribution >= 4 is 21.6 Å². The van der Waals surface area contributed by atoms with Crippen molar-refractivity contribution < 1.29 is 22.7 Å². The summed E-state index contributed by atoms with van der Waals surface area (Å²) in [5.41, 5.74) is 0.697. The Morgan fingerprint density at radius 1 is 0.966 bits per heavy atom. The van der Waals surface area contributed by atoms with E-state index in [0.29, 0.717) is 43.5 Å². The maximum Gasteiger partial charge on any atom is 0.255 e. The van der Waals surface area contributed by atoms with Crippen LogP contribution in [0.5, 0.6) is 11.5 Å². The predicted octanol–water partition coefficient (Wildman–Crippen LogP) is 3.77. The Kier molecular flexibility index (Phi) is 8.04. The highest BCUT2D eigenvalue weighted by atomic mass is 32.2. The van der Waals surface area contributed by atoms with E-state index < -0.39 is 15.9 Å². The number of rotatable bonds is 10. The third-order valence-corrected chi connectivity index (χ3v) is 6.30. The van der Waals surface area contributed by atoms with Gasteiger partial charge in [0.05, 0.1) is 23.8 Å². The third-order valence-electron chi connectivity index (χ3n) is 4.25. The monoisotopic (exact) mass is 420 g/mol. The third kappa shape index (κ3) is 5.48. The second-order valence-electron chi connectivity index (χ2n) is 6.10. The van der Waals surface area contributed by atoms with E-state index in [-0.39, 0.29) is 10.5 Å². The number of carbonyl (C=O) groups excluding carboxylic acids is 1. The van der Waals surface area contributed by atoms with Crippen LogP contribution in [0.4, 0.5) is 5.69 Å². The average Bonchev–Trinajstić information content (AvgIpc) is 2.71. The molecule has 158 valence electrons. The van der Waals surface area contributed by atoms with Crippen LogP contribution in [0.15, 0.2) is 47.4 Å². The van der Waals surface area contributed by atoms with Gasteiger partial charge in [-0.15, -0.1) is 0 Å². The topological polar surface area (TPSA) is 84.9 Å². The van der Waals surface area contributed by atoms with Crippen molar-refractivity contribution in [1.82, 2.24) is 4.31 Å². The highest BCUT2D eigenvalue weighted by Gasteiger charge is 2.22. The molecule has 0 aliphatic heterocycles. The van der Waals surface area contributed by atoms with Gasteiger partial charge in [0.25, 0.3) is 5.91 Å². The van der Waals surface area contributed by atoms with Crippen molar-refractivity contribution in [1.29, 1.82) is 0 Å². The standard InChI is InChI=1S/C21H28N2O5S/c1-5-23(6-2)29(25,26)18-11-9-10-16(14-18)21(24)22-19-15-17(27-7-3)12-13-20(19)28-8-4/h9-15H,5-8H2,1-4H3,(H,22,24). The van der Waals surface area contributed by atoms with Gasteiger partial charge in [-0.2, -0.15) is 4.31 Å². The van der Waals surface area contributed by atoms with E-state index >= 15 is 0 Å². The Morgan fingerprint density at radius 2 is 1.66 bits per heavy atom. The summed E-state index contributed by atoms with van der Waals surface area (Å²) in [5, 5.41) is 2.79. The first-order valence-corrected chi connectivity index (χ1v) is 11.1. The molecular formula is C21H28N2O5S. The van der Waals surface area contributed by atoms with E-state index in [1.807, 2.05) is 13.8 Å². The van der Waals surface area contributed by atoms with Crippen LogP contribution in [-0.4, -0.2) is 44.9 Å². The second kappa shape index (κ2) is 10.3. The molecule has 8 heteroatoms. The van der Waals surface area contributed by atoms with E-state index in [1.165, 1.54) is 16.4 Å². The van der Waals surface area contributed by atoms with E-state index in [2.05, 4.69) is 5.32 Å². The first-order chi connectivity index (χ1) is 13.9. The molecular weight excluding hydrogens is 392 g/mol. The van der Waals surface area contributed by atoms with Crippen LogP contribution in [0.3, 0.4) is 0 Å². The van der Waals surface area contributed by atoms with Gasteiger partial charge in [0.15, 0.2) is 0 Å². The lowest BCUT2D eigenvalue weighted by molar-refractivity contribution is 0.102. The first-order valence-electron chi connectivity index (χ1n) is 9.68. The maximum absolute atomic E-state index is 12.8. The Labute approximate surface area is 172 Å². The molecule has 7 nitrogen and oxygen atoms in total. The second-order valence-corrected chi connectivity index (χ2v) is 8.03. The minimum Gasteiger partial charge on any atom is -0.494 e. The molecule has 0 radical (unpaired) electrons. The first kappa shape index (κ1) is 22.7. The Bertz CT molecular complexity index is 940. The zero-order chi connectivity index (χ0) is 21.4. The van der Waals surface area contributed by atoms with Crippen LogP contribution < -0.4 is 14.8 Å². The van der Waals surface area contributed by atoms with Gasteiger partial charge in [-0.25, -0.2) is 8.42 Å². The van der Waals surface area contributed by atoms with Gasteiger partial charge in [-0.05, 0) is 44.2 Å². The zero-order valence-corrected chi connectivity index (χ0v) is 18.1. The van der Waals surface area contributed by atoms with Gasteiger partial charge in [0, 0.05) is 24.7 Å². The van der Waals surface area contributed by atoms with Crippen LogP contribution in [0.2, 0.25) is 0 Å². The van der Waals surface area contributed by atoms with Gasteiger partial charge in [0.2, 0.25) is 10.0 Å². The number of nitrogens with zero attached hydrogens (tertiary/aromatic N) is 1. The molecule has 0 unspecified atom stereocenters. The molecule has 0 aromatic heterocycles. The molecule has 0 heterocycles. The largest absolute Gasteiger partial charge is 0.494 e. The molecule has 2 aromatic rings. The number of ether oxygens (including phenoxy) is 2. The quantitative estimate of drug-likeness (QED) is 0.632. The lowest BCUT2D eigenvalue weighted by atomic mass is 10.2. The number of amides is 1. The van der Waals surface area contributed by atoms with E-state index in [9.17, 15) is 13.2 Å². The molecule has 1 N–H and O–H groups in total. The van der Waals surface area contributed by atoms with Gasteiger partial charge in [-0.1, -0.05) is 19.9 Å². The summed E-state index contributed by atoms with van der Waals surface area (Å²) in [4.78, 5) is 12.9. The smallest absolute Gasteiger partial charge is 0.255 e. The van der Waals surface area contributed by atoms with Gasteiger partial charge in [0.1, 0.15) is 11.5 Å². The predicted molar refractivity (Wildman–Crippen MR) is 113 cm³/mol. The molecule has 0 saturated heterocycles. The van der Waals surface area contributed by atoms with E-state index in [1.54, 1.807) is 44.2 Å². The Hall–Kier alpha value is -2.58. The molecule has 0 aliphatic rings. The molecule has 0 spiro atoms. The van der Waals surface area contributed by atoms with Gasteiger partial charge in [-0.3, -0.25) is 4.79 Å². The number of carbonyl (C=O) groups is 1. The molecule has 2 rings (SSSR count). The number of nitrogens with one attached hydrogen (secondary N) is 1. The van der Waals surface area contributed by atoms with Crippen LogP contribution in [0.1, 0.15) is 38.1 Å². The number of hydrogen-bond acceptors (Lipinski definition) is 5. The summed E-state index contributed by atoms with van der Waals surface area (Å²) >= 11 is 0. The summed E-state index contributed by atoms with van der Waals surface area (Å²) in [5.74, 6) is 0.677. The summed E-state index contributed by atoms with van der Waals surface area (Å²) in [6.07, 6.45) is 0. The summed E-state index contributed by atoms with van der Waals surface area (Å²) in [7, 11) is -3.65. The summed E-state index contributed by atoms with van der Waals surface area (Å²) < 4.78 is 37.9. The van der Waals surface area contributed by atoms with Crippen molar-refractivity contribution in [2.24, 2.45) is 0 Å². The molecule has 29 heavy (non-hydrogen) atoms. The van der Waals surface area contributed by atoms with Crippen molar-refractivity contribution in [2.45, 2.75) is 32.6 Å². The number of sulfonamides is 1. The summed E-state index contributed by atoms with van der Waals surface area (Å²) in [6.45, 7) is 8.92. The number of benzene rings is 2. The maximum atomic E-state index is 12.8.